The lowest BCUT2D eigenvalue weighted by molar-refractivity contribution is -0.119. The summed E-state index contributed by atoms with van der Waals surface area (Å²) in [7, 11) is 0. The van der Waals surface area contributed by atoms with Gasteiger partial charge in [0.25, 0.3) is 0 Å². The van der Waals surface area contributed by atoms with Crippen LogP contribution in [0.4, 0.5) is 5.69 Å². The van der Waals surface area contributed by atoms with Gasteiger partial charge in [-0.2, -0.15) is 0 Å². The number of benzene rings is 1. The molecular formula is C15H23ClN2O2. The minimum absolute atomic E-state index is 0. The van der Waals surface area contributed by atoms with E-state index < -0.39 is 0 Å². The summed E-state index contributed by atoms with van der Waals surface area (Å²) in [5.41, 5.74) is 1.91. The first-order valence-electron chi connectivity index (χ1n) is 6.95. The molecule has 0 radical (unpaired) electrons. The third kappa shape index (κ3) is 4.39. The lowest BCUT2D eigenvalue weighted by atomic mass is 10.1. The van der Waals surface area contributed by atoms with E-state index in [1.54, 1.807) is 0 Å². The van der Waals surface area contributed by atoms with Crippen molar-refractivity contribution in [3.05, 3.63) is 23.8 Å². The number of anilines is 1. The molecule has 0 saturated carbocycles. The van der Waals surface area contributed by atoms with E-state index in [4.69, 9.17) is 4.74 Å². The predicted molar refractivity (Wildman–Crippen MR) is 83.8 cm³/mol. The fourth-order valence-electron chi connectivity index (χ4n) is 2.18. The molecule has 112 valence electrons. The average molecular weight is 299 g/mol. The van der Waals surface area contributed by atoms with Gasteiger partial charge in [-0.3, -0.25) is 4.79 Å². The second kappa shape index (κ2) is 8.12. The molecule has 1 aliphatic heterocycles. The van der Waals surface area contributed by atoms with Crippen LogP contribution in [0, 0.1) is 12.8 Å². The van der Waals surface area contributed by atoms with Crippen LogP contribution in [0.25, 0.3) is 0 Å². The van der Waals surface area contributed by atoms with E-state index >= 15 is 0 Å². The van der Waals surface area contributed by atoms with E-state index in [2.05, 4.69) is 17.6 Å². The number of halogens is 1. The highest BCUT2D eigenvalue weighted by Crippen LogP contribution is 2.27. The summed E-state index contributed by atoms with van der Waals surface area (Å²) in [6, 6.07) is 5.88. The summed E-state index contributed by atoms with van der Waals surface area (Å²) in [6.45, 7) is 6.44. The van der Waals surface area contributed by atoms with Crippen LogP contribution in [0.2, 0.25) is 0 Å². The van der Waals surface area contributed by atoms with Gasteiger partial charge in [0.1, 0.15) is 5.75 Å². The Labute approximate surface area is 126 Å². The zero-order valence-corrected chi connectivity index (χ0v) is 12.9. The Morgan fingerprint density at radius 3 is 2.95 bits per heavy atom. The molecule has 0 bridgehead atoms. The Bertz CT molecular complexity index is 445. The highest BCUT2D eigenvalue weighted by Gasteiger charge is 2.23. The van der Waals surface area contributed by atoms with Crippen molar-refractivity contribution in [2.75, 3.05) is 25.0 Å². The van der Waals surface area contributed by atoms with E-state index in [1.165, 1.54) is 0 Å². The second-order valence-corrected chi connectivity index (χ2v) is 5.03. The van der Waals surface area contributed by atoms with Crippen molar-refractivity contribution in [2.45, 2.75) is 26.7 Å². The molecular weight excluding hydrogens is 276 g/mol. The van der Waals surface area contributed by atoms with Crippen LogP contribution in [0.5, 0.6) is 5.75 Å². The number of rotatable bonds is 5. The zero-order valence-electron chi connectivity index (χ0n) is 12.1. The SMILES string of the molecule is CCCOc1cc(C)ccc1NC(=O)C1CCNC1.Cl. The molecule has 1 aromatic rings. The molecule has 20 heavy (non-hydrogen) atoms. The molecule has 4 nitrogen and oxygen atoms in total. The van der Waals surface area contributed by atoms with E-state index in [9.17, 15) is 4.79 Å². The van der Waals surface area contributed by atoms with Crippen molar-refractivity contribution in [3.63, 3.8) is 0 Å². The first-order valence-corrected chi connectivity index (χ1v) is 6.95. The lowest BCUT2D eigenvalue weighted by Gasteiger charge is -2.15. The van der Waals surface area contributed by atoms with Crippen LogP contribution in [0.3, 0.4) is 0 Å². The van der Waals surface area contributed by atoms with Gasteiger partial charge in [-0.25, -0.2) is 0 Å². The number of aryl methyl sites for hydroxylation is 1. The molecule has 1 aromatic carbocycles. The third-order valence-electron chi connectivity index (χ3n) is 3.29. The maximum atomic E-state index is 12.1. The van der Waals surface area contributed by atoms with Gasteiger partial charge >= 0.3 is 0 Å². The van der Waals surface area contributed by atoms with Crippen molar-refractivity contribution in [1.82, 2.24) is 5.32 Å². The van der Waals surface area contributed by atoms with Gasteiger partial charge in [0.2, 0.25) is 5.91 Å². The van der Waals surface area contributed by atoms with Crippen LogP contribution >= 0.6 is 12.4 Å². The van der Waals surface area contributed by atoms with Gasteiger partial charge in [0, 0.05) is 6.54 Å². The molecule has 1 amide bonds. The van der Waals surface area contributed by atoms with Crippen LogP contribution < -0.4 is 15.4 Å². The zero-order chi connectivity index (χ0) is 13.7. The molecule has 1 unspecified atom stereocenters. The Hall–Kier alpha value is -1.26. The summed E-state index contributed by atoms with van der Waals surface area (Å²) in [4.78, 5) is 12.1. The Morgan fingerprint density at radius 2 is 2.30 bits per heavy atom. The molecule has 2 rings (SSSR count). The number of amides is 1. The third-order valence-corrected chi connectivity index (χ3v) is 3.29. The fourth-order valence-corrected chi connectivity index (χ4v) is 2.18. The minimum atomic E-state index is 0. The van der Waals surface area contributed by atoms with Crippen molar-refractivity contribution < 1.29 is 9.53 Å². The summed E-state index contributed by atoms with van der Waals surface area (Å²) in [6.07, 6.45) is 1.86. The van der Waals surface area contributed by atoms with Gasteiger partial charge in [-0.05, 0) is 44.0 Å². The standard InChI is InChI=1S/C15H22N2O2.ClH/c1-3-8-19-14-9-11(2)4-5-13(14)17-15(18)12-6-7-16-10-12;/h4-5,9,12,16H,3,6-8,10H2,1-2H3,(H,17,18);1H. The molecule has 0 spiro atoms. The van der Waals surface area contributed by atoms with Gasteiger partial charge in [-0.1, -0.05) is 13.0 Å². The summed E-state index contributed by atoms with van der Waals surface area (Å²) in [5, 5.41) is 6.19. The molecule has 1 heterocycles. The summed E-state index contributed by atoms with van der Waals surface area (Å²) >= 11 is 0. The van der Waals surface area contributed by atoms with Crippen molar-refractivity contribution in [1.29, 1.82) is 0 Å². The molecule has 1 atom stereocenters. The largest absolute Gasteiger partial charge is 0.491 e. The Kier molecular flexibility index (Phi) is 6.82. The van der Waals surface area contributed by atoms with Crippen molar-refractivity contribution >= 4 is 24.0 Å². The Balaban J connectivity index is 0.00000200. The monoisotopic (exact) mass is 298 g/mol. The number of nitrogens with one attached hydrogen (secondary N) is 2. The highest BCUT2D eigenvalue weighted by molar-refractivity contribution is 5.94. The molecule has 0 aliphatic carbocycles. The molecule has 1 aliphatic rings. The van der Waals surface area contributed by atoms with Crippen LogP contribution in [0.1, 0.15) is 25.3 Å². The summed E-state index contributed by atoms with van der Waals surface area (Å²) in [5.74, 6) is 0.914. The van der Waals surface area contributed by atoms with E-state index in [0.717, 1.165) is 42.9 Å². The maximum Gasteiger partial charge on any atom is 0.228 e. The first kappa shape index (κ1) is 16.8. The lowest BCUT2D eigenvalue weighted by Crippen LogP contribution is -2.24. The minimum Gasteiger partial charge on any atom is -0.491 e. The molecule has 5 heteroatoms. The van der Waals surface area contributed by atoms with Crippen LogP contribution in [-0.4, -0.2) is 25.6 Å². The van der Waals surface area contributed by atoms with E-state index in [0.29, 0.717) is 6.61 Å². The van der Waals surface area contributed by atoms with Gasteiger partial charge in [-0.15, -0.1) is 12.4 Å². The first-order chi connectivity index (χ1) is 9.20. The van der Waals surface area contributed by atoms with E-state index in [1.807, 2.05) is 25.1 Å². The van der Waals surface area contributed by atoms with Crippen molar-refractivity contribution in [2.24, 2.45) is 5.92 Å². The number of carbonyl (C=O) groups excluding carboxylic acids is 1. The molecule has 0 aromatic heterocycles. The van der Waals surface area contributed by atoms with Crippen molar-refractivity contribution in [3.8, 4) is 5.75 Å². The highest BCUT2D eigenvalue weighted by atomic mass is 35.5. The normalized spacial score (nSPS) is 17.4. The van der Waals surface area contributed by atoms with E-state index in [-0.39, 0.29) is 24.2 Å². The Morgan fingerprint density at radius 1 is 1.50 bits per heavy atom. The smallest absolute Gasteiger partial charge is 0.228 e. The molecule has 1 fully saturated rings. The number of ether oxygens (including phenoxy) is 1. The number of hydrogen-bond acceptors (Lipinski definition) is 3. The maximum absolute atomic E-state index is 12.1. The number of hydrogen-bond donors (Lipinski definition) is 2. The van der Waals surface area contributed by atoms with Crippen LogP contribution in [0.15, 0.2) is 18.2 Å². The summed E-state index contributed by atoms with van der Waals surface area (Å²) < 4.78 is 5.70. The topological polar surface area (TPSA) is 50.4 Å². The predicted octanol–water partition coefficient (Wildman–Crippen LogP) is 2.75. The van der Waals surface area contributed by atoms with Gasteiger partial charge < -0.3 is 15.4 Å². The fraction of sp³-hybridized carbons (Fsp3) is 0.533. The molecule has 1 saturated heterocycles. The quantitative estimate of drug-likeness (QED) is 0.879. The van der Waals surface area contributed by atoms with Gasteiger partial charge in [0.05, 0.1) is 18.2 Å². The molecule has 2 N–H and O–H groups in total. The number of carbonyl (C=O) groups is 1. The van der Waals surface area contributed by atoms with Crippen LogP contribution in [-0.2, 0) is 4.79 Å². The average Bonchev–Trinajstić information content (AvgIpc) is 2.93. The van der Waals surface area contributed by atoms with Gasteiger partial charge in [0.15, 0.2) is 0 Å². The second-order valence-electron chi connectivity index (χ2n) is 5.03.